The first-order valence-corrected chi connectivity index (χ1v) is 10.8. The van der Waals surface area contributed by atoms with E-state index < -0.39 is 0 Å². The van der Waals surface area contributed by atoms with Gasteiger partial charge in [-0.05, 0) is 61.6 Å². The van der Waals surface area contributed by atoms with Crippen LogP contribution >= 0.6 is 0 Å². The third-order valence-electron chi connectivity index (χ3n) is 6.17. The van der Waals surface area contributed by atoms with Gasteiger partial charge in [-0.25, -0.2) is 0 Å². The van der Waals surface area contributed by atoms with Crippen LogP contribution in [0.5, 0.6) is 0 Å². The fourth-order valence-corrected chi connectivity index (χ4v) is 4.53. The van der Waals surface area contributed by atoms with Crippen molar-refractivity contribution in [1.29, 1.82) is 0 Å². The zero-order valence-electron chi connectivity index (χ0n) is 17.9. The second-order valence-corrected chi connectivity index (χ2v) is 8.41. The Morgan fingerprint density at radius 1 is 1.17 bits per heavy atom. The van der Waals surface area contributed by atoms with Gasteiger partial charge in [-0.1, -0.05) is 36.4 Å². The van der Waals surface area contributed by atoms with Gasteiger partial charge in [-0.2, -0.15) is 5.10 Å². The molecule has 2 aromatic heterocycles. The standard InChI is InChI=1S/C25H30N4O/c1-28(18-21-8-4-3-5-9-21)25(30)24-22-16-19(13-14-23(22)29(2)27-24)10-6-11-20-12-7-15-26-17-20/h3-5,7-9,12,15,17,19H,6,10-11,13-14,16,18H2,1-2H3. The molecular weight excluding hydrogens is 372 g/mol. The molecule has 0 radical (unpaired) electrons. The van der Waals surface area contributed by atoms with Crippen molar-refractivity contribution in [3.05, 3.63) is 82.9 Å². The van der Waals surface area contributed by atoms with E-state index in [1.165, 1.54) is 29.7 Å². The van der Waals surface area contributed by atoms with Crippen LogP contribution < -0.4 is 0 Å². The van der Waals surface area contributed by atoms with Gasteiger partial charge in [-0.15, -0.1) is 0 Å². The summed E-state index contributed by atoms with van der Waals surface area (Å²) in [5, 5.41) is 4.63. The Morgan fingerprint density at radius 3 is 2.73 bits per heavy atom. The van der Waals surface area contributed by atoms with Gasteiger partial charge in [0.2, 0.25) is 0 Å². The molecule has 0 fully saturated rings. The molecule has 1 unspecified atom stereocenters. The zero-order chi connectivity index (χ0) is 20.9. The van der Waals surface area contributed by atoms with E-state index >= 15 is 0 Å². The van der Waals surface area contributed by atoms with Gasteiger partial charge in [-0.3, -0.25) is 14.5 Å². The molecule has 2 heterocycles. The fourth-order valence-electron chi connectivity index (χ4n) is 4.53. The molecule has 0 bridgehead atoms. The van der Waals surface area contributed by atoms with E-state index in [9.17, 15) is 4.79 Å². The lowest BCUT2D eigenvalue weighted by Gasteiger charge is -2.24. The summed E-state index contributed by atoms with van der Waals surface area (Å²) < 4.78 is 1.92. The second kappa shape index (κ2) is 9.24. The summed E-state index contributed by atoms with van der Waals surface area (Å²) in [6.45, 7) is 0.597. The Bertz CT molecular complexity index is 981. The number of hydrogen-bond donors (Lipinski definition) is 0. The van der Waals surface area contributed by atoms with Crippen LogP contribution in [0, 0.1) is 5.92 Å². The highest BCUT2D eigenvalue weighted by atomic mass is 16.2. The van der Waals surface area contributed by atoms with Gasteiger partial charge in [0, 0.05) is 44.3 Å². The van der Waals surface area contributed by atoms with Crippen molar-refractivity contribution < 1.29 is 4.79 Å². The number of nitrogens with zero attached hydrogens (tertiary/aromatic N) is 4. The van der Waals surface area contributed by atoms with Crippen LogP contribution in [-0.4, -0.2) is 32.6 Å². The molecule has 0 N–H and O–H groups in total. The molecule has 3 aromatic rings. The molecule has 1 aliphatic carbocycles. The van der Waals surface area contributed by atoms with Crippen molar-refractivity contribution in [2.75, 3.05) is 7.05 Å². The summed E-state index contributed by atoms with van der Waals surface area (Å²) in [6.07, 6.45) is 10.3. The van der Waals surface area contributed by atoms with Crippen LogP contribution in [0.25, 0.3) is 0 Å². The summed E-state index contributed by atoms with van der Waals surface area (Å²) >= 11 is 0. The topological polar surface area (TPSA) is 51.0 Å². The van der Waals surface area contributed by atoms with Crippen molar-refractivity contribution >= 4 is 5.91 Å². The minimum atomic E-state index is 0.0201. The van der Waals surface area contributed by atoms with Crippen molar-refractivity contribution in [3.8, 4) is 0 Å². The van der Waals surface area contributed by atoms with Crippen molar-refractivity contribution in [2.45, 2.75) is 45.1 Å². The SMILES string of the molecule is CN(Cc1ccccc1)C(=O)c1nn(C)c2c1CC(CCCc1cccnc1)CC2. The molecule has 0 saturated carbocycles. The van der Waals surface area contributed by atoms with E-state index in [-0.39, 0.29) is 5.91 Å². The molecule has 0 spiro atoms. The molecule has 5 heteroatoms. The highest BCUT2D eigenvalue weighted by molar-refractivity contribution is 5.94. The van der Waals surface area contributed by atoms with Crippen LogP contribution in [0.3, 0.4) is 0 Å². The maximum Gasteiger partial charge on any atom is 0.274 e. The number of benzene rings is 1. The number of carbonyl (C=O) groups excluding carboxylic acids is 1. The average Bonchev–Trinajstić information content (AvgIpc) is 3.10. The maximum absolute atomic E-state index is 13.2. The van der Waals surface area contributed by atoms with E-state index in [4.69, 9.17) is 0 Å². The Kier molecular flexibility index (Phi) is 6.26. The van der Waals surface area contributed by atoms with Crippen LogP contribution in [-0.2, 0) is 32.9 Å². The number of hydrogen-bond acceptors (Lipinski definition) is 3. The van der Waals surface area contributed by atoms with E-state index in [1.807, 2.05) is 55.4 Å². The summed E-state index contributed by atoms with van der Waals surface area (Å²) in [7, 11) is 3.83. The molecule has 30 heavy (non-hydrogen) atoms. The summed E-state index contributed by atoms with van der Waals surface area (Å²) in [5.74, 6) is 0.635. The molecule has 0 saturated heterocycles. The zero-order valence-corrected chi connectivity index (χ0v) is 17.9. The van der Waals surface area contributed by atoms with Crippen LogP contribution in [0.15, 0.2) is 54.9 Å². The van der Waals surface area contributed by atoms with Crippen LogP contribution in [0.4, 0.5) is 0 Å². The Balaban J connectivity index is 1.41. The molecule has 1 atom stereocenters. The predicted octanol–water partition coefficient (Wildman–Crippen LogP) is 4.22. The Hall–Kier alpha value is -2.95. The highest BCUT2D eigenvalue weighted by Crippen LogP contribution is 2.31. The quantitative estimate of drug-likeness (QED) is 0.595. The van der Waals surface area contributed by atoms with Crippen molar-refractivity contribution in [3.63, 3.8) is 0 Å². The summed E-state index contributed by atoms with van der Waals surface area (Å²) in [4.78, 5) is 19.2. The van der Waals surface area contributed by atoms with Crippen molar-refractivity contribution in [2.24, 2.45) is 13.0 Å². The third-order valence-corrected chi connectivity index (χ3v) is 6.17. The van der Waals surface area contributed by atoms with Crippen molar-refractivity contribution in [1.82, 2.24) is 19.7 Å². The van der Waals surface area contributed by atoms with E-state index in [2.05, 4.69) is 28.3 Å². The third kappa shape index (κ3) is 4.61. The molecule has 1 aromatic carbocycles. The lowest BCUT2D eigenvalue weighted by Crippen LogP contribution is -2.28. The first-order valence-electron chi connectivity index (χ1n) is 10.8. The number of aromatic nitrogens is 3. The smallest absolute Gasteiger partial charge is 0.274 e. The number of rotatable bonds is 7. The minimum absolute atomic E-state index is 0.0201. The molecule has 5 nitrogen and oxygen atoms in total. The van der Waals surface area contributed by atoms with E-state index in [0.29, 0.717) is 18.2 Å². The number of aryl methyl sites for hydroxylation is 2. The second-order valence-electron chi connectivity index (χ2n) is 8.41. The van der Waals surface area contributed by atoms with E-state index in [0.717, 1.165) is 31.2 Å². The largest absolute Gasteiger partial charge is 0.336 e. The first kappa shape index (κ1) is 20.3. The fraction of sp³-hybridized carbons (Fsp3) is 0.400. The van der Waals surface area contributed by atoms with Gasteiger partial charge >= 0.3 is 0 Å². The summed E-state index contributed by atoms with van der Waals surface area (Å²) in [6, 6.07) is 14.3. The molecule has 156 valence electrons. The lowest BCUT2D eigenvalue weighted by atomic mass is 9.83. The van der Waals surface area contributed by atoms with Crippen LogP contribution in [0.1, 0.15) is 52.1 Å². The van der Waals surface area contributed by atoms with Gasteiger partial charge in [0.25, 0.3) is 5.91 Å². The molecule has 0 aliphatic heterocycles. The van der Waals surface area contributed by atoms with Crippen LogP contribution in [0.2, 0.25) is 0 Å². The lowest BCUT2D eigenvalue weighted by molar-refractivity contribution is 0.0777. The number of amides is 1. The van der Waals surface area contributed by atoms with E-state index in [1.54, 1.807) is 4.90 Å². The van der Waals surface area contributed by atoms with Gasteiger partial charge in [0.15, 0.2) is 5.69 Å². The Morgan fingerprint density at radius 2 is 1.97 bits per heavy atom. The minimum Gasteiger partial charge on any atom is -0.336 e. The number of pyridine rings is 1. The van der Waals surface area contributed by atoms with Gasteiger partial charge in [0.1, 0.15) is 0 Å². The Labute approximate surface area is 178 Å². The highest BCUT2D eigenvalue weighted by Gasteiger charge is 2.29. The number of fused-ring (bicyclic) bond motifs is 1. The predicted molar refractivity (Wildman–Crippen MR) is 118 cm³/mol. The van der Waals surface area contributed by atoms with Gasteiger partial charge < -0.3 is 4.90 Å². The molecule has 1 amide bonds. The summed E-state index contributed by atoms with van der Waals surface area (Å²) in [5.41, 5.74) is 5.47. The first-order chi connectivity index (χ1) is 14.6. The maximum atomic E-state index is 13.2. The monoisotopic (exact) mass is 402 g/mol. The molecule has 1 aliphatic rings. The average molecular weight is 403 g/mol. The molecule has 4 rings (SSSR count). The van der Waals surface area contributed by atoms with Gasteiger partial charge in [0.05, 0.1) is 0 Å². The normalized spacial score (nSPS) is 15.6. The molecular formula is C25H30N4O. The number of carbonyl (C=O) groups is 1.